The Morgan fingerprint density at radius 3 is 2.63 bits per heavy atom. The van der Waals surface area contributed by atoms with Crippen molar-refractivity contribution in [1.29, 1.82) is 0 Å². The lowest BCUT2D eigenvalue weighted by Crippen LogP contribution is -2.33. The topological polar surface area (TPSA) is 84.2 Å². The van der Waals surface area contributed by atoms with Crippen LogP contribution in [0.1, 0.15) is 25.7 Å². The number of hydrogen-bond acceptors (Lipinski definition) is 4. The summed E-state index contributed by atoms with van der Waals surface area (Å²) < 4.78 is 28.1. The Hall–Kier alpha value is -0.630. The van der Waals surface area contributed by atoms with Gasteiger partial charge in [0.15, 0.2) is 5.03 Å². The highest BCUT2D eigenvalue weighted by Crippen LogP contribution is 2.25. The van der Waals surface area contributed by atoms with E-state index in [0.29, 0.717) is 6.54 Å². The van der Waals surface area contributed by atoms with Crippen molar-refractivity contribution < 1.29 is 13.5 Å². The van der Waals surface area contributed by atoms with Crippen molar-refractivity contribution in [2.75, 3.05) is 6.54 Å². The van der Waals surface area contributed by atoms with Gasteiger partial charge in [-0.25, -0.2) is 13.1 Å². The Bertz CT molecular complexity index is 516. The molecular formula is C11H18ClN3O3S. The zero-order chi connectivity index (χ0) is 14.0. The number of aryl methyl sites for hydroxylation is 1. The number of aliphatic hydroxyl groups is 1. The standard InChI is InChI=1S/C11H18ClN3O3S/c1-15-11(10(12)7-13-15)19(17,18)14-6-8-2-4-9(16)5-3-8/h7-9,14,16H,2-6H2,1H3. The number of rotatable bonds is 4. The Balaban J connectivity index is 1.99. The molecule has 0 saturated heterocycles. The van der Waals surface area contributed by atoms with Crippen LogP contribution in [-0.4, -0.2) is 36.0 Å². The number of aromatic nitrogens is 2. The van der Waals surface area contributed by atoms with Crippen molar-refractivity contribution >= 4 is 21.6 Å². The first-order chi connectivity index (χ1) is 8.90. The van der Waals surface area contributed by atoms with Gasteiger partial charge in [-0.15, -0.1) is 0 Å². The van der Waals surface area contributed by atoms with Crippen LogP contribution in [0, 0.1) is 5.92 Å². The molecule has 6 nitrogen and oxygen atoms in total. The number of aliphatic hydroxyl groups excluding tert-OH is 1. The molecule has 2 N–H and O–H groups in total. The van der Waals surface area contributed by atoms with Crippen molar-refractivity contribution in [3.63, 3.8) is 0 Å². The maximum Gasteiger partial charge on any atom is 0.259 e. The van der Waals surface area contributed by atoms with Gasteiger partial charge in [0.25, 0.3) is 10.0 Å². The van der Waals surface area contributed by atoms with Crippen LogP contribution < -0.4 is 4.72 Å². The number of nitrogens with zero attached hydrogens (tertiary/aromatic N) is 2. The minimum absolute atomic E-state index is 0.00925. The van der Waals surface area contributed by atoms with Gasteiger partial charge in [-0.1, -0.05) is 11.6 Å². The highest BCUT2D eigenvalue weighted by molar-refractivity contribution is 7.89. The van der Waals surface area contributed by atoms with Crippen molar-refractivity contribution in [2.45, 2.75) is 36.8 Å². The predicted molar refractivity (Wildman–Crippen MR) is 71.4 cm³/mol. The number of hydrogen-bond donors (Lipinski definition) is 2. The summed E-state index contributed by atoms with van der Waals surface area (Å²) in [5.41, 5.74) is 0. The molecule has 0 amide bonds. The van der Waals surface area contributed by atoms with E-state index in [0.717, 1.165) is 25.7 Å². The van der Waals surface area contributed by atoms with Crippen molar-refractivity contribution in [3.8, 4) is 0 Å². The number of halogens is 1. The average molecular weight is 308 g/mol. The normalized spacial score (nSPS) is 24.6. The fourth-order valence-corrected chi connectivity index (χ4v) is 4.11. The summed E-state index contributed by atoms with van der Waals surface area (Å²) >= 11 is 5.83. The Labute approximate surface area is 117 Å². The van der Waals surface area contributed by atoms with E-state index in [-0.39, 0.29) is 22.1 Å². The number of sulfonamides is 1. The largest absolute Gasteiger partial charge is 0.393 e. The van der Waals surface area contributed by atoms with Crippen LogP contribution in [0.4, 0.5) is 0 Å². The molecule has 19 heavy (non-hydrogen) atoms. The molecule has 0 aromatic carbocycles. The van der Waals surface area contributed by atoms with Crippen LogP contribution in [0.2, 0.25) is 5.02 Å². The van der Waals surface area contributed by atoms with Gasteiger partial charge in [-0.2, -0.15) is 5.10 Å². The molecular weight excluding hydrogens is 290 g/mol. The lowest BCUT2D eigenvalue weighted by Gasteiger charge is -2.25. The molecule has 0 aliphatic heterocycles. The summed E-state index contributed by atoms with van der Waals surface area (Å²) in [5, 5.41) is 13.3. The van der Waals surface area contributed by atoms with E-state index in [4.69, 9.17) is 11.6 Å². The van der Waals surface area contributed by atoms with Gasteiger partial charge in [0, 0.05) is 13.6 Å². The third-order valence-corrected chi connectivity index (χ3v) is 5.40. The maximum absolute atomic E-state index is 12.1. The molecule has 0 spiro atoms. The molecule has 1 aliphatic carbocycles. The first kappa shape index (κ1) is 14.8. The fraction of sp³-hybridized carbons (Fsp3) is 0.727. The SMILES string of the molecule is Cn1ncc(Cl)c1S(=O)(=O)NCC1CCC(O)CC1. The van der Waals surface area contributed by atoms with Crippen molar-refractivity contribution in [3.05, 3.63) is 11.2 Å². The molecule has 108 valence electrons. The van der Waals surface area contributed by atoms with E-state index in [1.807, 2.05) is 0 Å². The second-order valence-electron chi connectivity index (χ2n) is 4.95. The first-order valence-corrected chi connectivity index (χ1v) is 8.11. The summed E-state index contributed by atoms with van der Waals surface area (Å²) in [7, 11) is -2.10. The lowest BCUT2D eigenvalue weighted by atomic mass is 9.88. The molecule has 0 unspecified atom stereocenters. The minimum atomic E-state index is -3.64. The lowest BCUT2D eigenvalue weighted by molar-refractivity contribution is 0.109. The summed E-state index contributed by atoms with van der Waals surface area (Å²) in [6, 6.07) is 0. The summed E-state index contributed by atoms with van der Waals surface area (Å²) in [4.78, 5) is 0. The number of nitrogens with one attached hydrogen (secondary N) is 1. The molecule has 1 aromatic heterocycles. The zero-order valence-corrected chi connectivity index (χ0v) is 12.3. The van der Waals surface area contributed by atoms with Gasteiger partial charge in [0.1, 0.15) is 0 Å². The molecule has 1 saturated carbocycles. The van der Waals surface area contributed by atoms with Gasteiger partial charge in [-0.05, 0) is 31.6 Å². The van der Waals surface area contributed by atoms with E-state index in [1.165, 1.54) is 17.9 Å². The van der Waals surface area contributed by atoms with Crippen LogP contribution in [0.3, 0.4) is 0 Å². The van der Waals surface area contributed by atoms with Crippen LogP contribution in [0.5, 0.6) is 0 Å². The van der Waals surface area contributed by atoms with Crippen LogP contribution >= 0.6 is 11.6 Å². The van der Waals surface area contributed by atoms with Gasteiger partial charge in [0.05, 0.1) is 17.3 Å². The van der Waals surface area contributed by atoms with E-state index >= 15 is 0 Å². The molecule has 1 fully saturated rings. The average Bonchev–Trinajstić information content (AvgIpc) is 2.69. The van der Waals surface area contributed by atoms with E-state index in [2.05, 4.69) is 9.82 Å². The molecule has 0 radical (unpaired) electrons. The van der Waals surface area contributed by atoms with E-state index < -0.39 is 10.0 Å². The third-order valence-electron chi connectivity index (χ3n) is 3.48. The van der Waals surface area contributed by atoms with Crippen molar-refractivity contribution in [2.24, 2.45) is 13.0 Å². The second kappa shape index (κ2) is 5.78. The first-order valence-electron chi connectivity index (χ1n) is 6.25. The smallest absolute Gasteiger partial charge is 0.259 e. The summed E-state index contributed by atoms with van der Waals surface area (Å²) in [6.07, 6.45) is 4.22. The summed E-state index contributed by atoms with van der Waals surface area (Å²) in [6.45, 7) is 0.372. The molecule has 1 aromatic rings. The summed E-state index contributed by atoms with van der Waals surface area (Å²) in [5.74, 6) is 0.269. The van der Waals surface area contributed by atoms with Gasteiger partial charge in [0.2, 0.25) is 0 Å². The van der Waals surface area contributed by atoms with Crippen LogP contribution in [-0.2, 0) is 17.1 Å². The van der Waals surface area contributed by atoms with Gasteiger partial charge < -0.3 is 5.11 Å². The minimum Gasteiger partial charge on any atom is -0.393 e. The monoisotopic (exact) mass is 307 g/mol. The second-order valence-corrected chi connectivity index (χ2v) is 7.04. The third kappa shape index (κ3) is 3.47. The highest BCUT2D eigenvalue weighted by Gasteiger charge is 2.25. The van der Waals surface area contributed by atoms with Gasteiger partial charge in [-0.3, -0.25) is 4.68 Å². The predicted octanol–water partition coefficient (Wildman–Crippen LogP) is 0.903. The zero-order valence-electron chi connectivity index (χ0n) is 10.7. The molecule has 0 bridgehead atoms. The molecule has 0 atom stereocenters. The highest BCUT2D eigenvalue weighted by atomic mass is 35.5. The van der Waals surface area contributed by atoms with Crippen LogP contribution in [0.15, 0.2) is 11.2 Å². The Morgan fingerprint density at radius 2 is 2.11 bits per heavy atom. The quantitative estimate of drug-likeness (QED) is 0.865. The molecule has 1 aliphatic rings. The fourth-order valence-electron chi connectivity index (χ4n) is 2.35. The van der Waals surface area contributed by atoms with E-state index in [1.54, 1.807) is 0 Å². The Morgan fingerprint density at radius 1 is 1.47 bits per heavy atom. The molecule has 2 rings (SSSR count). The van der Waals surface area contributed by atoms with E-state index in [9.17, 15) is 13.5 Å². The maximum atomic E-state index is 12.1. The van der Waals surface area contributed by atoms with Crippen molar-refractivity contribution in [1.82, 2.24) is 14.5 Å². The van der Waals surface area contributed by atoms with Crippen LogP contribution in [0.25, 0.3) is 0 Å². The molecule has 1 heterocycles. The Kier molecular flexibility index (Phi) is 4.50. The van der Waals surface area contributed by atoms with Gasteiger partial charge >= 0.3 is 0 Å². The molecule has 8 heteroatoms.